The Morgan fingerprint density at radius 1 is 1.15 bits per heavy atom. The molecule has 3 heterocycles. The second kappa shape index (κ2) is 8.94. The lowest BCUT2D eigenvalue weighted by molar-refractivity contribution is 0.0950. The van der Waals surface area contributed by atoms with Gasteiger partial charge in [-0.2, -0.15) is 0 Å². The van der Waals surface area contributed by atoms with Crippen LogP contribution < -0.4 is 5.56 Å². The maximum absolute atomic E-state index is 13.1. The van der Waals surface area contributed by atoms with Gasteiger partial charge >= 0.3 is 0 Å². The Labute approximate surface area is 198 Å². The highest BCUT2D eigenvalue weighted by molar-refractivity contribution is 7.15. The zero-order chi connectivity index (χ0) is 24.6. The number of imidazole rings is 1. The molecule has 0 aliphatic heterocycles. The number of carbonyl (C=O) groups is 2. The molecule has 1 aromatic carbocycles. The fraction of sp³-hybridized carbons (Fsp3) is 0.292. The van der Waals surface area contributed by atoms with E-state index in [1.54, 1.807) is 36.6 Å². The average Bonchev–Trinajstić information content (AvgIpc) is 3.39. The number of Topliss-reactive ketones (excluding diaryl/α,β-unsaturated/α-hetero) is 2. The summed E-state index contributed by atoms with van der Waals surface area (Å²) in [6, 6.07) is 5.74. The molecule has 8 nitrogen and oxygen atoms in total. The van der Waals surface area contributed by atoms with E-state index in [2.05, 4.69) is 9.97 Å². The third kappa shape index (κ3) is 4.54. The zero-order valence-corrected chi connectivity index (χ0v) is 19.7. The Kier molecular flexibility index (Phi) is 6.18. The predicted octanol–water partition coefficient (Wildman–Crippen LogP) is 3.70. The summed E-state index contributed by atoms with van der Waals surface area (Å²) >= 11 is 1.41. The topological polar surface area (TPSA) is 107 Å². The van der Waals surface area contributed by atoms with Crippen molar-refractivity contribution in [3.8, 4) is 5.75 Å². The molecule has 0 amide bonds. The van der Waals surface area contributed by atoms with Crippen molar-refractivity contribution in [2.24, 2.45) is 7.05 Å². The summed E-state index contributed by atoms with van der Waals surface area (Å²) < 4.78 is 16.0. The minimum absolute atomic E-state index is 0.00784. The van der Waals surface area contributed by atoms with Crippen LogP contribution in [0.4, 0.5) is 4.39 Å². The number of nitrogens with zero attached hydrogens (tertiary/aromatic N) is 4. The number of carbonyl (C=O) groups excluding carboxylic acids is 2. The molecule has 176 valence electrons. The Hall–Kier alpha value is -3.66. The van der Waals surface area contributed by atoms with Crippen LogP contribution in [0.2, 0.25) is 0 Å². The lowest BCUT2D eigenvalue weighted by Gasteiger charge is -2.25. The van der Waals surface area contributed by atoms with Gasteiger partial charge in [-0.25, -0.2) is 14.4 Å². The fourth-order valence-electron chi connectivity index (χ4n) is 3.85. The van der Waals surface area contributed by atoms with E-state index in [0.29, 0.717) is 17.1 Å². The largest absolute Gasteiger partial charge is 0.501 e. The Balaban J connectivity index is 1.59. The molecule has 4 aromatic rings. The van der Waals surface area contributed by atoms with Gasteiger partial charge in [0.1, 0.15) is 17.3 Å². The number of hydrogen-bond acceptors (Lipinski definition) is 7. The number of ketones is 2. The fourth-order valence-corrected chi connectivity index (χ4v) is 4.55. The molecule has 0 bridgehead atoms. The first-order valence-corrected chi connectivity index (χ1v) is 11.5. The highest BCUT2D eigenvalue weighted by atomic mass is 32.1. The lowest BCUT2D eigenvalue weighted by Crippen LogP contribution is -2.34. The molecule has 0 unspecified atom stereocenters. The summed E-state index contributed by atoms with van der Waals surface area (Å²) in [5.74, 6) is -1.65. The predicted molar refractivity (Wildman–Crippen MR) is 125 cm³/mol. The molecular weight excluding hydrogens is 459 g/mol. The minimum Gasteiger partial charge on any atom is -0.501 e. The van der Waals surface area contributed by atoms with E-state index < -0.39 is 22.5 Å². The third-order valence-corrected chi connectivity index (χ3v) is 6.44. The van der Waals surface area contributed by atoms with Crippen molar-refractivity contribution in [3.05, 3.63) is 81.0 Å². The second-order valence-corrected chi connectivity index (χ2v) is 9.62. The third-order valence-electron chi connectivity index (χ3n) is 5.67. The SMILES string of the molecule is Cn1c(C(C)(C)CC(=O)c2cn3ccsc3n2)nc(C(=O)CCc2ccc(F)cc2)c(O)c1=O. The standard InChI is InChI=1S/C24H23FN4O4S/c1-24(2,12-18(31)16-13-29-10-11-34-23(29)26-16)22-27-19(20(32)21(33)28(22)3)17(30)9-6-14-4-7-15(25)8-5-14/h4-5,7-8,10-11,13,32H,6,9,12H2,1-3H3. The van der Waals surface area contributed by atoms with E-state index in [4.69, 9.17) is 0 Å². The van der Waals surface area contributed by atoms with Crippen molar-refractivity contribution in [1.82, 2.24) is 18.9 Å². The van der Waals surface area contributed by atoms with E-state index in [1.165, 1.54) is 30.5 Å². The number of benzene rings is 1. The van der Waals surface area contributed by atoms with Gasteiger partial charge in [0.15, 0.2) is 22.2 Å². The van der Waals surface area contributed by atoms with E-state index in [9.17, 15) is 23.9 Å². The van der Waals surface area contributed by atoms with Gasteiger partial charge in [-0.3, -0.25) is 23.4 Å². The molecule has 0 saturated carbocycles. The van der Waals surface area contributed by atoms with Gasteiger partial charge < -0.3 is 5.11 Å². The van der Waals surface area contributed by atoms with Crippen LogP contribution in [0, 0.1) is 5.82 Å². The Morgan fingerprint density at radius 2 is 1.85 bits per heavy atom. The average molecular weight is 483 g/mol. The highest BCUT2D eigenvalue weighted by Crippen LogP contribution is 2.28. The van der Waals surface area contributed by atoms with Crippen molar-refractivity contribution in [1.29, 1.82) is 0 Å². The van der Waals surface area contributed by atoms with E-state index in [0.717, 1.165) is 10.1 Å². The summed E-state index contributed by atoms with van der Waals surface area (Å²) in [7, 11) is 1.44. The summed E-state index contributed by atoms with van der Waals surface area (Å²) in [5, 5.41) is 12.2. The zero-order valence-electron chi connectivity index (χ0n) is 18.9. The summed E-state index contributed by atoms with van der Waals surface area (Å²) in [6.45, 7) is 3.49. The number of halogens is 1. The first-order valence-electron chi connectivity index (χ1n) is 10.6. The van der Waals surface area contributed by atoms with Crippen LogP contribution in [0.5, 0.6) is 5.75 Å². The molecule has 0 atom stereocenters. The molecular formula is C24H23FN4O4S. The van der Waals surface area contributed by atoms with Gasteiger partial charge in [0.05, 0.1) is 0 Å². The molecule has 34 heavy (non-hydrogen) atoms. The van der Waals surface area contributed by atoms with E-state index in [1.807, 2.05) is 11.6 Å². The van der Waals surface area contributed by atoms with Crippen LogP contribution in [0.25, 0.3) is 4.96 Å². The number of hydrogen-bond donors (Lipinski definition) is 1. The number of aromatic hydroxyl groups is 1. The maximum atomic E-state index is 13.1. The van der Waals surface area contributed by atoms with E-state index in [-0.39, 0.29) is 36.0 Å². The van der Waals surface area contributed by atoms with Crippen LogP contribution in [0.3, 0.4) is 0 Å². The van der Waals surface area contributed by atoms with Gasteiger partial charge in [-0.1, -0.05) is 26.0 Å². The van der Waals surface area contributed by atoms with Crippen molar-refractivity contribution in [2.45, 2.75) is 38.5 Å². The van der Waals surface area contributed by atoms with Crippen molar-refractivity contribution in [2.75, 3.05) is 0 Å². The number of aromatic nitrogens is 4. The minimum atomic E-state index is -0.929. The van der Waals surface area contributed by atoms with Crippen molar-refractivity contribution in [3.63, 3.8) is 0 Å². The number of rotatable bonds is 8. The van der Waals surface area contributed by atoms with Gasteiger partial charge in [0, 0.05) is 43.1 Å². The van der Waals surface area contributed by atoms with Gasteiger partial charge in [0.2, 0.25) is 5.75 Å². The smallest absolute Gasteiger partial charge is 0.296 e. The molecule has 1 N–H and O–H groups in total. The van der Waals surface area contributed by atoms with Crippen LogP contribution in [0.15, 0.2) is 46.8 Å². The lowest BCUT2D eigenvalue weighted by atomic mass is 9.85. The summed E-state index contributed by atoms with van der Waals surface area (Å²) in [6.07, 6.45) is 3.72. The van der Waals surface area contributed by atoms with Crippen LogP contribution in [0.1, 0.15) is 59.1 Å². The molecule has 0 spiro atoms. The van der Waals surface area contributed by atoms with Gasteiger partial charge in [-0.15, -0.1) is 11.3 Å². The normalized spacial score (nSPS) is 11.8. The van der Waals surface area contributed by atoms with Crippen molar-refractivity contribution < 1.29 is 19.1 Å². The van der Waals surface area contributed by atoms with Gasteiger partial charge in [0.25, 0.3) is 5.56 Å². The van der Waals surface area contributed by atoms with Gasteiger partial charge in [-0.05, 0) is 24.1 Å². The summed E-state index contributed by atoms with van der Waals surface area (Å²) in [5.41, 5.74) is -0.980. The maximum Gasteiger partial charge on any atom is 0.296 e. The van der Waals surface area contributed by atoms with Crippen LogP contribution in [-0.2, 0) is 18.9 Å². The Bertz CT molecular complexity index is 1420. The molecule has 4 rings (SSSR count). The summed E-state index contributed by atoms with van der Waals surface area (Å²) in [4.78, 5) is 47.8. The quantitative estimate of drug-likeness (QED) is 0.384. The molecule has 0 radical (unpaired) electrons. The van der Waals surface area contributed by atoms with E-state index >= 15 is 0 Å². The van der Waals surface area contributed by atoms with Crippen LogP contribution >= 0.6 is 11.3 Å². The number of aryl methyl sites for hydroxylation is 1. The first-order chi connectivity index (χ1) is 16.1. The Morgan fingerprint density at radius 3 is 2.53 bits per heavy atom. The number of fused-ring (bicyclic) bond motifs is 1. The molecule has 10 heteroatoms. The van der Waals surface area contributed by atoms with Crippen molar-refractivity contribution >= 4 is 27.9 Å². The molecule has 0 saturated heterocycles. The molecule has 0 aliphatic carbocycles. The molecule has 0 aliphatic rings. The first kappa shape index (κ1) is 23.5. The monoisotopic (exact) mass is 482 g/mol. The highest BCUT2D eigenvalue weighted by Gasteiger charge is 2.32. The second-order valence-electron chi connectivity index (χ2n) is 8.75. The molecule has 0 fully saturated rings. The van der Waals surface area contributed by atoms with Crippen LogP contribution in [-0.4, -0.2) is 35.6 Å². The molecule has 3 aromatic heterocycles. The number of thiazole rings is 1.